The number of hydrogen-bond donors (Lipinski definition) is 2. The highest BCUT2D eigenvalue weighted by atomic mass is 16.1. The maximum atomic E-state index is 11.1. The van der Waals surface area contributed by atoms with Gasteiger partial charge in [0.25, 0.3) is 0 Å². The first-order chi connectivity index (χ1) is 5.22. The molecule has 1 aliphatic rings. The monoisotopic (exact) mass is 154 g/mol. The van der Waals surface area contributed by atoms with Crippen molar-refractivity contribution in [1.82, 2.24) is 20.1 Å². The molecule has 1 fully saturated rings. The lowest BCUT2D eigenvalue weighted by Gasteiger charge is -2.39. The molecule has 1 aliphatic heterocycles. The number of aromatic amines is 1. The van der Waals surface area contributed by atoms with Crippen LogP contribution in [-0.4, -0.2) is 27.9 Å². The van der Waals surface area contributed by atoms with Gasteiger partial charge in [-0.3, -0.25) is 4.57 Å². The third kappa shape index (κ3) is 0.808. The SMILES string of the molecule is CC1(n2cn[nH]c2=O)CNC1. The Hall–Kier alpha value is -1.10. The molecule has 1 aromatic rings. The Morgan fingerprint density at radius 1 is 1.73 bits per heavy atom. The van der Waals surface area contributed by atoms with Crippen LogP contribution in [0.5, 0.6) is 0 Å². The topological polar surface area (TPSA) is 62.7 Å². The minimum absolute atomic E-state index is 0.0654. The summed E-state index contributed by atoms with van der Waals surface area (Å²) in [6, 6.07) is 0. The number of rotatable bonds is 1. The van der Waals surface area contributed by atoms with Crippen LogP contribution in [0.25, 0.3) is 0 Å². The van der Waals surface area contributed by atoms with Crippen molar-refractivity contribution in [3.8, 4) is 0 Å². The van der Waals surface area contributed by atoms with Crippen molar-refractivity contribution in [2.75, 3.05) is 13.1 Å². The fourth-order valence-corrected chi connectivity index (χ4v) is 1.29. The normalized spacial score (nSPS) is 21.2. The van der Waals surface area contributed by atoms with Crippen LogP contribution in [0.4, 0.5) is 0 Å². The van der Waals surface area contributed by atoms with Gasteiger partial charge in [0.15, 0.2) is 0 Å². The minimum atomic E-state index is -0.131. The number of nitrogens with zero attached hydrogens (tertiary/aromatic N) is 2. The molecule has 0 spiro atoms. The molecule has 0 bridgehead atoms. The number of aromatic nitrogens is 3. The van der Waals surface area contributed by atoms with Crippen molar-refractivity contribution >= 4 is 0 Å². The van der Waals surface area contributed by atoms with E-state index in [2.05, 4.69) is 15.5 Å². The van der Waals surface area contributed by atoms with Crippen LogP contribution in [0.3, 0.4) is 0 Å². The van der Waals surface area contributed by atoms with Crippen molar-refractivity contribution in [2.45, 2.75) is 12.5 Å². The average Bonchev–Trinajstić information content (AvgIpc) is 2.30. The Morgan fingerprint density at radius 2 is 2.45 bits per heavy atom. The zero-order valence-corrected chi connectivity index (χ0v) is 6.29. The quantitative estimate of drug-likeness (QED) is 0.539. The first-order valence-electron chi connectivity index (χ1n) is 3.56. The number of hydrogen-bond acceptors (Lipinski definition) is 3. The maximum Gasteiger partial charge on any atom is 0.343 e. The van der Waals surface area contributed by atoms with Crippen LogP contribution in [0.15, 0.2) is 11.1 Å². The molecule has 1 aromatic heterocycles. The minimum Gasteiger partial charge on any atom is -0.312 e. The highest BCUT2D eigenvalue weighted by molar-refractivity contribution is 4.95. The van der Waals surface area contributed by atoms with Crippen molar-refractivity contribution in [3.63, 3.8) is 0 Å². The molecule has 2 rings (SSSR count). The van der Waals surface area contributed by atoms with Gasteiger partial charge in [0, 0.05) is 13.1 Å². The Kier molecular flexibility index (Phi) is 1.17. The summed E-state index contributed by atoms with van der Waals surface area (Å²) in [5.41, 5.74) is -0.196. The van der Waals surface area contributed by atoms with Gasteiger partial charge in [-0.2, -0.15) is 5.10 Å². The summed E-state index contributed by atoms with van der Waals surface area (Å²) < 4.78 is 1.63. The van der Waals surface area contributed by atoms with Crippen molar-refractivity contribution in [3.05, 3.63) is 16.8 Å². The van der Waals surface area contributed by atoms with Gasteiger partial charge in [0.1, 0.15) is 6.33 Å². The molecular formula is C6H10N4O. The zero-order valence-electron chi connectivity index (χ0n) is 6.29. The summed E-state index contributed by atoms with van der Waals surface area (Å²) in [5, 5.41) is 9.16. The number of nitrogens with one attached hydrogen (secondary N) is 2. The lowest BCUT2D eigenvalue weighted by molar-refractivity contribution is 0.195. The van der Waals surface area contributed by atoms with E-state index in [0.717, 1.165) is 13.1 Å². The first-order valence-corrected chi connectivity index (χ1v) is 3.56. The summed E-state index contributed by atoms with van der Waals surface area (Å²) in [4.78, 5) is 11.1. The molecular weight excluding hydrogens is 144 g/mol. The molecule has 0 radical (unpaired) electrons. The van der Waals surface area contributed by atoms with Crippen LogP contribution in [0.2, 0.25) is 0 Å². The van der Waals surface area contributed by atoms with Crippen LogP contribution < -0.4 is 11.0 Å². The van der Waals surface area contributed by atoms with Gasteiger partial charge < -0.3 is 5.32 Å². The Labute approximate surface area is 63.4 Å². The Morgan fingerprint density at radius 3 is 2.82 bits per heavy atom. The fraction of sp³-hybridized carbons (Fsp3) is 0.667. The van der Waals surface area contributed by atoms with Crippen molar-refractivity contribution in [2.24, 2.45) is 0 Å². The Bertz CT molecular complexity index is 308. The predicted octanol–water partition coefficient (Wildman–Crippen LogP) is -1.11. The molecule has 0 aromatic carbocycles. The van der Waals surface area contributed by atoms with E-state index in [-0.39, 0.29) is 11.2 Å². The van der Waals surface area contributed by atoms with Gasteiger partial charge in [0.05, 0.1) is 5.54 Å². The molecule has 0 atom stereocenters. The largest absolute Gasteiger partial charge is 0.343 e. The van der Waals surface area contributed by atoms with Gasteiger partial charge in [-0.1, -0.05) is 0 Å². The highest BCUT2D eigenvalue weighted by Crippen LogP contribution is 2.16. The summed E-state index contributed by atoms with van der Waals surface area (Å²) in [5.74, 6) is 0. The molecule has 2 heterocycles. The van der Waals surface area contributed by atoms with Crippen LogP contribution in [0.1, 0.15) is 6.92 Å². The third-order valence-electron chi connectivity index (χ3n) is 2.15. The van der Waals surface area contributed by atoms with Gasteiger partial charge in [-0.15, -0.1) is 0 Å². The van der Waals surface area contributed by atoms with Gasteiger partial charge in [0.2, 0.25) is 0 Å². The third-order valence-corrected chi connectivity index (χ3v) is 2.15. The van der Waals surface area contributed by atoms with Crippen molar-refractivity contribution < 1.29 is 0 Å². The first kappa shape index (κ1) is 6.60. The molecule has 1 saturated heterocycles. The highest BCUT2D eigenvalue weighted by Gasteiger charge is 2.34. The molecule has 11 heavy (non-hydrogen) atoms. The smallest absolute Gasteiger partial charge is 0.312 e. The van der Waals surface area contributed by atoms with E-state index in [9.17, 15) is 4.79 Å². The molecule has 0 unspecified atom stereocenters. The molecule has 0 saturated carbocycles. The molecule has 0 aliphatic carbocycles. The average molecular weight is 154 g/mol. The van der Waals surface area contributed by atoms with E-state index in [1.54, 1.807) is 10.9 Å². The predicted molar refractivity (Wildman–Crippen MR) is 39.4 cm³/mol. The van der Waals surface area contributed by atoms with E-state index in [1.165, 1.54) is 0 Å². The van der Waals surface area contributed by atoms with Gasteiger partial charge in [-0.05, 0) is 6.92 Å². The molecule has 2 N–H and O–H groups in total. The van der Waals surface area contributed by atoms with Crippen LogP contribution >= 0.6 is 0 Å². The summed E-state index contributed by atoms with van der Waals surface area (Å²) in [6.07, 6.45) is 1.54. The van der Waals surface area contributed by atoms with Gasteiger partial charge >= 0.3 is 5.69 Å². The van der Waals surface area contributed by atoms with Crippen LogP contribution in [-0.2, 0) is 5.54 Å². The van der Waals surface area contributed by atoms with E-state index in [4.69, 9.17) is 0 Å². The fourth-order valence-electron chi connectivity index (χ4n) is 1.29. The van der Waals surface area contributed by atoms with E-state index >= 15 is 0 Å². The van der Waals surface area contributed by atoms with E-state index in [1.807, 2.05) is 6.92 Å². The maximum absolute atomic E-state index is 11.1. The van der Waals surface area contributed by atoms with Crippen molar-refractivity contribution in [1.29, 1.82) is 0 Å². The molecule has 0 amide bonds. The lowest BCUT2D eigenvalue weighted by atomic mass is 9.95. The summed E-state index contributed by atoms with van der Waals surface area (Å²) in [7, 11) is 0. The second kappa shape index (κ2) is 1.94. The van der Waals surface area contributed by atoms with Gasteiger partial charge in [-0.25, -0.2) is 9.89 Å². The second-order valence-corrected chi connectivity index (χ2v) is 3.13. The van der Waals surface area contributed by atoms with E-state index < -0.39 is 0 Å². The van der Waals surface area contributed by atoms with Crippen LogP contribution in [0, 0.1) is 0 Å². The second-order valence-electron chi connectivity index (χ2n) is 3.13. The summed E-state index contributed by atoms with van der Waals surface area (Å²) >= 11 is 0. The Balaban J connectivity index is 2.42. The van der Waals surface area contributed by atoms with E-state index in [0.29, 0.717) is 0 Å². The zero-order chi connectivity index (χ0) is 7.90. The molecule has 60 valence electrons. The number of H-pyrrole nitrogens is 1. The summed E-state index contributed by atoms with van der Waals surface area (Å²) in [6.45, 7) is 3.71. The lowest BCUT2D eigenvalue weighted by Crippen LogP contribution is -2.60. The molecule has 5 nitrogen and oxygen atoms in total. The standard InChI is InChI=1S/C6H10N4O/c1-6(2-7-3-6)10-4-8-9-5(10)11/h4,7H,2-3H2,1H3,(H,9,11). The molecule has 5 heteroatoms.